The Hall–Kier alpha value is -2.69. The van der Waals surface area contributed by atoms with E-state index in [2.05, 4.69) is 0 Å². The van der Waals surface area contributed by atoms with Crippen LogP contribution in [-0.2, 0) is 11.3 Å². The molecule has 0 spiro atoms. The Morgan fingerprint density at radius 2 is 1.83 bits per heavy atom. The molecule has 2 rings (SSSR count). The smallest absolute Gasteiger partial charge is 0.335 e. The molecular formula is C18H18FNO3. The number of halogens is 1. The fourth-order valence-electron chi connectivity index (χ4n) is 2.35. The van der Waals surface area contributed by atoms with E-state index in [1.54, 1.807) is 43.1 Å². The number of benzene rings is 2. The highest BCUT2D eigenvalue weighted by molar-refractivity contribution is 5.87. The highest BCUT2D eigenvalue weighted by Gasteiger charge is 2.19. The largest absolute Gasteiger partial charge is 0.478 e. The first-order valence-corrected chi connectivity index (χ1v) is 7.21. The number of nitrogens with zero attached hydrogens (tertiary/aromatic N) is 1. The lowest BCUT2D eigenvalue weighted by Crippen LogP contribution is -2.30. The van der Waals surface area contributed by atoms with Crippen LogP contribution in [0.3, 0.4) is 0 Å². The fourth-order valence-corrected chi connectivity index (χ4v) is 2.35. The maximum Gasteiger partial charge on any atom is 0.335 e. The van der Waals surface area contributed by atoms with E-state index in [0.29, 0.717) is 12.1 Å². The van der Waals surface area contributed by atoms with Crippen molar-refractivity contribution in [1.29, 1.82) is 0 Å². The number of amides is 1. The van der Waals surface area contributed by atoms with E-state index in [9.17, 15) is 14.0 Å². The molecule has 1 atom stereocenters. The van der Waals surface area contributed by atoms with Crippen LogP contribution in [0.15, 0.2) is 48.5 Å². The lowest BCUT2D eigenvalue weighted by atomic mass is 9.99. The maximum absolute atomic E-state index is 13.3. The molecule has 1 amide bonds. The Labute approximate surface area is 134 Å². The van der Waals surface area contributed by atoms with Gasteiger partial charge in [-0.3, -0.25) is 4.79 Å². The summed E-state index contributed by atoms with van der Waals surface area (Å²) in [5, 5.41) is 8.87. The van der Waals surface area contributed by atoms with Crippen LogP contribution < -0.4 is 0 Å². The van der Waals surface area contributed by atoms with Gasteiger partial charge in [0.25, 0.3) is 0 Å². The van der Waals surface area contributed by atoms with Gasteiger partial charge < -0.3 is 10.0 Å². The number of likely N-dealkylation sites (N-methyl/N-ethyl adjacent to an activating group) is 1. The molecule has 0 aliphatic carbocycles. The van der Waals surface area contributed by atoms with Gasteiger partial charge >= 0.3 is 5.97 Å². The molecule has 0 aromatic heterocycles. The van der Waals surface area contributed by atoms with Gasteiger partial charge in [-0.25, -0.2) is 9.18 Å². The summed E-state index contributed by atoms with van der Waals surface area (Å²) in [6, 6.07) is 12.4. The molecule has 120 valence electrons. The standard InChI is InChI=1S/C18H18FNO3/c1-12(15-4-3-5-16(19)10-15)17(21)20(2)11-13-6-8-14(9-7-13)18(22)23/h3-10,12H,11H2,1-2H3,(H,22,23)/t12-/m0/s1. The minimum Gasteiger partial charge on any atom is -0.478 e. The van der Waals surface area contributed by atoms with Crippen LogP contribution in [0.4, 0.5) is 4.39 Å². The summed E-state index contributed by atoms with van der Waals surface area (Å²) in [5.41, 5.74) is 1.66. The van der Waals surface area contributed by atoms with Crippen LogP contribution in [0.5, 0.6) is 0 Å². The summed E-state index contributed by atoms with van der Waals surface area (Å²) in [4.78, 5) is 24.8. The minimum absolute atomic E-state index is 0.127. The Balaban J connectivity index is 2.06. The van der Waals surface area contributed by atoms with Crippen LogP contribution in [-0.4, -0.2) is 28.9 Å². The Morgan fingerprint density at radius 1 is 1.17 bits per heavy atom. The van der Waals surface area contributed by atoms with Gasteiger partial charge in [-0.2, -0.15) is 0 Å². The van der Waals surface area contributed by atoms with Crippen LogP contribution in [0.2, 0.25) is 0 Å². The Bertz CT molecular complexity index is 712. The predicted octanol–water partition coefficient (Wildman–Crippen LogP) is 3.29. The van der Waals surface area contributed by atoms with Crippen molar-refractivity contribution in [2.45, 2.75) is 19.4 Å². The average Bonchev–Trinajstić information content (AvgIpc) is 2.54. The second-order valence-electron chi connectivity index (χ2n) is 5.47. The molecule has 0 bridgehead atoms. The van der Waals surface area contributed by atoms with Crippen molar-refractivity contribution in [3.8, 4) is 0 Å². The number of carbonyl (C=O) groups excluding carboxylic acids is 1. The first-order chi connectivity index (χ1) is 10.9. The third kappa shape index (κ3) is 4.16. The van der Waals surface area contributed by atoms with Crippen LogP contribution in [0.1, 0.15) is 34.3 Å². The lowest BCUT2D eigenvalue weighted by Gasteiger charge is -2.22. The third-order valence-corrected chi connectivity index (χ3v) is 3.72. The molecule has 0 radical (unpaired) electrons. The van der Waals surface area contributed by atoms with Crippen LogP contribution in [0.25, 0.3) is 0 Å². The van der Waals surface area contributed by atoms with E-state index in [1.165, 1.54) is 24.3 Å². The molecule has 0 unspecified atom stereocenters. The minimum atomic E-state index is -0.985. The third-order valence-electron chi connectivity index (χ3n) is 3.72. The summed E-state index contributed by atoms with van der Waals surface area (Å²) in [6.07, 6.45) is 0. The number of carbonyl (C=O) groups is 2. The molecule has 0 aliphatic rings. The summed E-state index contributed by atoms with van der Waals surface area (Å²) < 4.78 is 13.3. The van der Waals surface area contributed by atoms with E-state index in [1.807, 2.05) is 0 Å². The normalized spacial score (nSPS) is 11.8. The lowest BCUT2D eigenvalue weighted by molar-refractivity contribution is -0.131. The van der Waals surface area contributed by atoms with Crippen molar-refractivity contribution in [2.75, 3.05) is 7.05 Å². The van der Waals surface area contributed by atoms with E-state index in [-0.39, 0.29) is 17.3 Å². The van der Waals surface area contributed by atoms with Gasteiger partial charge in [0, 0.05) is 13.6 Å². The van der Waals surface area contributed by atoms with E-state index < -0.39 is 11.9 Å². The quantitative estimate of drug-likeness (QED) is 0.921. The van der Waals surface area contributed by atoms with Gasteiger partial charge in [-0.15, -0.1) is 0 Å². The van der Waals surface area contributed by atoms with Crippen molar-refractivity contribution in [1.82, 2.24) is 4.90 Å². The number of aromatic carboxylic acids is 1. The number of carboxylic acids is 1. The first-order valence-electron chi connectivity index (χ1n) is 7.21. The van der Waals surface area contributed by atoms with Gasteiger partial charge in [0.1, 0.15) is 5.82 Å². The van der Waals surface area contributed by atoms with Gasteiger partial charge in [-0.05, 0) is 42.3 Å². The second-order valence-corrected chi connectivity index (χ2v) is 5.47. The van der Waals surface area contributed by atoms with Crippen LogP contribution in [0, 0.1) is 5.82 Å². The van der Waals surface area contributed by atoms with Gasteiger partial charge in [0.05, 0.1) is 11.5 Å². The first kappa shape index (κ1) is 16.7. The molecule has 2 aromatic carbocycles. The van der Waals surface area contributed by atoms with Crippen molar-refractivity contribution in [3.63, 3.8) is 0 Å². The van der Waals surface area contributed by atoms with Crippen molar-refractivity contribution >= 4 is 11.9 Å². The summed E-state index contributed by atoms with van der Waals surface area (Å²) >= 11 is 0. The molecule has 0 saturated heterocycles. The van der Waals surface area contributed by atoms with Crippen molar-refractivity contribution in [2.24, 2.45) is 0 Å². The van der Waals surface area contributed by atoms with Crippen molar-refractivity contribution < 1.29 is 19.1 Å². The molecule has 0 fully saturated rings. The zero-order valence-corrected chi connectivity index (χ0v) is 13.0. The van der Waals surface area contributed by atoms with Gasteiger partial charge in [0.15, 0.2) is 0 Å². The zero-order chi connectivity index (χ0) is 17.0. The summed E-state index contributed by atoms with van der Waals surface area (Å²) in [5.74, 6) is -1.93. The molecule has 0 aliphatic heterocycles. The van der Waals surface area contributed by atoms with Crippen molar-refractivity contribution in [3.05, 3.63) is 71.0 Å². The summed E-state index contributed by atoms with van der Waals surface area (Å²) in [6.45, 7) is 2.10. The van der Waals surface area contributed by atoms with Gasteiger partial charge in [-0.1, -0.05) is 24.3 Å². The summed E-state index contributed by atoms with van der Waals surface area (Å²) in [7, 11) is 1.67. The van der Waals surface area contributed by atoms with E-state index in [0.717, 1.165) is 5.56 Å². The molecule has 0 saturated carbocycles. The van der Waals surface area contributed by atoms with E-state index in [4.69, 9.17) is 5.11 Å². The number of carboxylic acid groups (broad SMARTS) is 1. The molecular weight excluding hydrogens is 297 g/mol. The fraction of sp³-hybridized carbons (Fsp3) is 0.222. The predicted molar refractivity (Wildman–Crippen MR) is 84.7 cm³/mol. The highest BCUT2D eigenvalue weighted by atomic mass is 19.1. The molecule has 4 nitrogen and oxygen atoms in total. The second kappa shape index (κ2) is 7.05. The Kier molecular flexibility index (Phi) is 5.11. The number of hydrogen-bond donors (Lipinski definition) is 1. The average molecular weight is 315 g/mol. The number of rotatable bonds is 5. The van der Waals surface area contributed by atoms with Crippen LogP contribution >= 0.6 is 0 Å². The maximum atomic E-state index is 13.3. The highest BCUT2D eigenvalue weighted by Crippen LogP contribution is 2.19. The Morgan fingerprint density at radius 3 is 2.39 bits per heavy atom. The molecule has 0 heterocycles. The zero-order valence-electron chi connectivity index (χ0n) is 13.0. The monoisotopic (exact) mass is 315 g/mol. The topological polar surface area (TPSA) is 57.6 Å². The molecule has 2 aromatic rings. The molecule has 1 N–H and O–H groups in total. The SMILES string of the molecule is C[C@H](C(=O)N(C)Cc1ccc(C(=O)O)cc1)c1cccc(F)c1. The van der Waals surface area contributed by atoms with E-state index >= 15 is 0 Å². The van der Waals surface area contributed by atoms with Gasteiger partial charge in [0.2, 0.25) is 5.91 Å². The molecule has 5 heteroatoms. The molecule has 23 heavy (non-hydrogen) atoms. The number of hydrogen-bond acceptors (Lipinski definition) is 2.